The van der Waals surface area contributed by atoms with Crippen LogP contribution in [0.1, 0.15) is 41.0 Å². The number of carbonyl (C=O) groups excluding carboxylic acids is 6. The summed E-state index contributed by atoms with van der Waals surface area (Å²) in [6, 6.07) is -1.17. The fourth-order valence-electron chi connectivity index (χ4n) is 3.61. The highest BCUT2D eigenvalue weighted by Gasteiger charge is 2.58. The number of thioether (sulfide) groups is 1. The van der Waals surface area contributed by atoms with Crippen molar-refractivity contribution in [3.05, 3.63) is 0 Å². The Hall–Kier alpha value is -2.87. The van der Waals surface area contributed by atoms with Crippen LogP contribution >= 0.6 is 11.8 Å². The quantitative estimate of drug-likeness (QED) is 0.298. The summed E-state index contributed by atoms with van der Waals surface area (Å²) in [4.78, 5) is 70.2. The van der Waals surface area contributed by atoms with Crippen LogP contribution in [0.5, 0.6) is 0 Å². The van der Waals surface area contributed by atoms with Crippen molar-refractivity contribution in [2.24, 2.45) is 0 Å². The Morgan fingerprint density at radius 3 is 2.00 bits per heavy atom. The summed E-state index contributed by atoms with van der Waals surface area (Å²) >= 11 is 0.927. The van der Waals surface area contributed by atoms with E-state index in [1.807, 2.05) is 0 Å². The molecule has 1 heterocycles. The lowest BCUT2D eigenvalue weighted by Crippen LogP contribution is -2.68. The predicted molar refractivity (Wildman–Crippen MR) is 119 cm³/mol. The van der Waals surface area contributed by atoms with Crippen LogP contribution in [0.25, 0.3) is 0 Å². The fraction of sp³-hybridized carbons (Fsp3) is 0.714. The molecule has 1 N–H and O–H groups in total. The average molecular weight is 522 g/mol. The number of rotatable bonds is 10. The van der Waals surface area contributed by atoms with Gasteiger partial charge in [-0.25, -0.2) is 4.79 Å². The second kappa shape index (κ2) is 13.3. The lowest BCUT2D eigenvalue weighted by Gasteiger charge is -2.48. The van der Waals surface area contributed by atoms with Crippen LogP contribution in [-0.2, 0) is 57.2 Å². The first-order valence-corrected chi connectivity index (χ1v) is 11.7. The van der Waals surface area contributed by atoms with E-state index >= 15 is 0 Å². The zero-order chi connectivity index (χ0) is 26.9. The molecule has 0 aromatic carbocycles. The Kier molecular flexibility index (Phi) is 11.4. The lowest BCUT2D eigenvalue weighted by molar-refractivity contribution is -0.224. The Labute approximate surface area is 206 Å². The summed E-state index contributed by atoms with van der Waals surface area (Å²) < 4.78 is 32.1. The molecule has 0 radical (unpaired) electrons. The highest BCUT2D eigenvalue weighted by atomic mass is 32.2. The van der Waals surface area contributed by atoms with Crippen molar-refractivity contribution in [1.29, 1.82) is 0 Å². The van der Waals surface area contributed by atoms with Gasteiger partial charge < -0.3 is 33.7 Å². The van der Waals surface area contributed by atoms with E-state index in [0.29, 0.717) is 0 Å². The first-order valence-electron chi connectivity index (χ1n) is 10.5. The zero-order valence-corrected chi connectivity index (χ0v) is 21.4. The summed E-state index contributed by atoms with van der Waals surface area (Å²) in [5.74, 6) is -4.45. The van der Waals surface area contributed by atoms with Gasteiger partial charge in [-0.05, 0) is 6.26 Å². The Morgan fingerprint density at radius 2 is 1.57 bits per heavy atom. The van der Waals surface area contributed by atoms with Gasteiger partial charge in [0, 0.05) is 41.0 Å². The molecule has 1 fully saturated rings. The van der Waals surface area contributed by atoms with E-state index in [0.717, 1.165) is 46.6 Å². The summed E-state index contributed by atoms with van der Waals surface area (Å²) in [5.41, 5.74) is 0. The van der Waals surface area contributed by atoms with Crippen LogP contribution < -0.4 is 5.32 Å². The Balaban J connectivity index is 3.72. The van der Waals surface area contributed by atoms with Gasteiger partial charge >= 0.3 is 29.8 Å². The summed E-state index contributed by atoms with van der Waals surface area (Å²) in [7, 11) is 1.13. The highest BCUT2D eigenvalue weighted by molar-refractivity contribution is 8.00. The molecule has 0 aromatic rings. The molecule has 1 aliphatic rings. The highest BCUT2D eigenvalue weighted by Crippen LogP contribution is 2.41. The van der Waals surface area contributed by atoms with Crippen molar-refractivity contribution < 1.29 is 57.2 Å². The molecule has 14 heteroatoms. The fourth-order valence-corrected chi connectivity index (χ4v) is 4.40. The normalized spacial score (nSPS) is 25.3. The number of nitrogens with one attached hydrogen (secondary N) is 1. The number of methoxy groups -OCH3 is 1. The number of hydrogen-bond donors (Lipinski definition) is 1. The molecule has 13 nitrogen and oxygen atoms in total. The standard InChI is InChI=1S/C21H31NO12S/c1-10(23)22-17-15(31-12(3)25)8-21(35-7,20(28)29-6)34-19(17)18(33-14(5)27)16(32-13(4)26)9-30-11(2)24/h15-19H,8-9H2,1-7H3,(H,22,23)/t15-,16+,17+,18+,19+,21?/m0/s1. The van der Waals surface area contributed by atoms with Crippen LogP contribution in [0.2, 0.25) is 0 Å². The van der Waals surface area contributed by atoms with Gasteiger partial charge in [0.05, 0.1) is 13.2 Å². The Morgan fingerprint density at radius 1 is 0.971 bits per heavy atom. The molecular formula is C21H31NO12S. The van der Waals surface area contributed by atoms with Crippen molar-refractivity contribution in [3.63, 3.8) is 0 Å². The minimum atomic E-state index is -1.75. The summed E-state index contributed by atoms with van der Waals surface area (Å²) in [6.45, 7) is 5.08. The lowest BCUT2D eigenvalue weighted by atomic mass is 9.89. The number of amides is 1. The second-order valence-corrected chi connectivity index (χ2v) is 8.70. The average Bonchev–Trinajstić information content (AvgIpc) is 2.74. The smallest absolute Gasteiger partial charge is 0.348 e. The van der Waals surface area contributed by atoms with Crippen molar-refractivity contribution in [1.82, 2.24) is 5.32 Å². The third-order valence-electron chi connectivity index (χ3n) is 4.82. The molecule has 1 unspecified atom stereocenters. The molecule has 0 aliphatic carbocycles. The molecule has 1 saturated heterocycles. The second-order valence-electron chi connectivity index (χ2n) is 7.63. The van der Waals surface area contributed by atoms with Gasteiger partial charge in [-0.1, -0.05) is 0 Å². The summed E-state index contributed by atoms with van der Waals surface area (Å²) in [6.07, 6.45) is -4.17. The minimum absolute atomic E-state index is 0.225. The third kappa shape index (κ3) is 8.69. The molecule has 6 atom stereocenters. The van der Waals surface area contributed by atoms with E-state index in [1.54, 1.807) is 6.26 Å². The monoisotopic (exact) mass is 521 g/mol. The Bertz CT molecular complexity index is 833. The van der Waals surface area contributed by atoms with Crippen LogP contribution in [0.15, 0.2) is 0 Å². The van der Waals surface area contributed by atoms with E-state index in [4.69, 9.17) is 28.4 Å². The first-order chi connectivity index (χ1) is 16.3. The predicted octanol–water partition coefficient (Wildman–Crippen LogP) is -0.129. The van der Waals surface area contributed by atoms with Gasteiger partial charge in [0.25, 0.3) is 0 Å². The molecule has 1 rings (SSSR count). The van der Waals surface area contributed by atoms with Crippen molar-refractivity contribution >= 4 is 47.5 Å². The van der Waals surface area contributed by atoms with Crippen LogP contribution in [-0.4, -0.2) is 91.1 Å². The SMILES string of the molecule is COC(=O)C1(SC)C[C@H](OC(C)=O)[C@@H](NC(C)=O)[C@H]([C@H](OC(C)=O)[C@@H](COC(C)=O)OC(C)=O)O1. The van der Waals surface area contributed by atoms with Crippen LogP contribution in [0, 0.1) is 0 Å². The third-order valence-corrected chi connectivity index (χ3v) is 5.91. The van der Waals surface area contributed by atoms with Gasteiger partial charge in [-0.2, -0.15) is 0 Å². The molecular weight excluding hydrogens is 490 g/mol. The molecule has 198 valence electrons. The molecule has 1 aliphatic heterocycles. The van der Waals surface area contributed by atoms with Crippen molar-refractivity contribution in [2.45, 2.75) is 76.4 Å². The van der Waals surface area contributed by atoms with Crippen LogP contribution in [0.3, 0.4) is 0 Å². The first kappa shape index (κ1) is 30.2. The largest absolute Gasteiger partial charge is 0.466 e. The number of carbonyl (C=O) groups is 6. The van der Waals surface area contributed by atoms with E-state index in [-0.39, 0.29) is 6.42 Å². The number of ether oxygens (including phenoxy) is 6. The van der Waals surface area contributed by atoms with E-state index in [2.05, 4.69) is 5.32 Å². The van der Waals surface area contributed by atoms with Gasteiger partial charge in [0.1, 0.15) is 18.8 Å². The van der Waals surface area contributed by atoms with Gasteiger partial charge in [-0.15, -0.1) is 11.8 Å². The topological polar surface area (TPSA) is 170 Å². The maximum absolute atomic E-state index is 12.8. The molecule has 1 amide bonds. The molecule has 35 heavy (non-hydrogen) atoms. The molecule has 0 spiro atoms. The maximum Gasteiger partial charge on any atom is 0.348 e. The van der Waals surface area contributed by atoms with Crippen molar-refractivity contribution in [2.75, 3.05) is 20.0 Å². The number of esters is 5. The maximum atomic E-state index is 12.8. The van der Waals surface area contributed by atoms with E-state index < -0.39 is 77.8 Å². The van der Waals surface area contributed by atoms with Gasteiger partial charge in [0.2, 0.25) is 10.8 Å². The zero-order valence-electron chi connectivity index (χ0n) is 20.6. The van der Waals surface area contributed by atoms with Gasteiger partial charge in [0.15, 0.2) is 12.2 Å². The minimum Gasteiger partial charge on any atom is -0.466 e. The van der Waals surface area contributed by atoms with Crippen molar-refractivity contribution in [3.8, 4) is 0 Å². The molecule has 0 saturated carbocycles. The van der Waals surface area contributed by atoms with E-state index in [9.17, 15) is 28.8 Å². The van der Waals surface area contributed by atoms with Crippen LogP contribution in [0.4, 0.5) is 0 Å². The van der Waals surface area contributed by atoms with E-state index in [1.165, 1.54) is 6.92 Å². The van der Waals surface area contributed by atoms with Gasteiger partial charge in [-0.3, -0.25) is 24.0 Å². The molecule has 0 aromatic heterocycles. The summed E-state index contributed by atoms with van der Waals surface area (Å²) in [5, 5.41) is 2.59. The number of hydrogen-bond acceptors (Lipinski definition) is 13. The molecule has 0 bridgehead atoms.